The minimum atomic E-state index is -3.81. The Kier molecular flexibility index (Phi) is 7.33. The van der Waals surface area contributed by atoms with Crippen LogP contribution in [0.5, 0.6) is 5.75 Å². The third-order valence-corrected chi connectivity index (χ3v) is 7.36. The minimum Gasteiger partial charge on any atom is -0.497 e. The quantitative estimate of drug-likeness (QED) is 0.537. The highest BCUT2D eigenvalue weighted by Gasteiger charge is 2.31. The lowest BCUT2D eigenvalue weighted by atomic mass is 10.0. The highest BCUT2D eigenvalue weighted by molar-refractivity contribution is 7.89. The summed E-state index contributed by atoms with van der Waals surface area (Å²) in [5, 5.41) is 2.96. The summed E-state index contributed by atoms with van der Waals surface area (Å²) in [5.74, 6) is 0.388. The van der Waals surface area contributed by atoms with Crippen LogP contribution in [0.15, 0.2) is 77.7 Å². The maximum atomic E-state index is 13.3. The lowest BCUT2D eigenvalue weighted by Crippen LogP contribution is -2.34. The Bertz CT molecular complexity index is 1160. The van der Waals surface area contributed by atoms with Crippen LogP contribution in [-0.2, 0) is 14.8 Å². The van der Waals surface area contributed by atoms with Crippen molar-refractivity contribution in [2.45, 2.75) is 31.2 Å². The van der Waals surface area contributed by atoms with Crippen LogP contribution in [0.25, 0.3) is 0 Å². The van der Waals surface area contributed by atoms with E-state index in [9.17, 15) is 13.2 Å². The molecular weight excluding hydrogens is 424 g/mol. The van der Waals surface area contributed by atoms with Crippen LogP contribution in [0.3, 0.4) is 0 Å². The third kappa shape index (κ3) is 5.18. The van der Waals surface area contributed by atoms with Crippen molar-refractivity contribution in [2.24, 2.45) is 0 Å². The summed E-state index contributed by atoms with van der Waals surface area (Å²) in [6.45, 7) is 3.85. The molecule has 32 heavy (non-hydrogen) atoms. The number of nitrogens with one attached hydrogen (secondary N) is 1. The molecule has 0 aromatic heterocycles. The Labute approximate surface area is 189 Å². The van der Waals surface area contributed by atoms with E-state index < -0.39 is 16.1 Å². The number of para-hydroxylation sites is 1. The van der Waals surface area contributed by atoms with Gasteiger partial charge in [-0.1, -0.05) is 48.5 Å². The van der Waals surface area contributed by atoms with Crippen molar-refractivity contribution in [2.75, 3.05) is 19.5 Å². The number of aryl methyl sites for hydroxylation is 2. The molecule has 0 aliphatic heterocycles. The number of carbonyl (C=O) groups excluding carboxylic acids is 1. The maximum Gasteiger partial charge on any atom is 0.243 e. The molecule has 3 aromatic carbocycles. The van der Waals surface area contributed by atoms with E-state index in [1.54, 1.807) is 61.7 Å². The smallest absolute Gasteiger partial charge is 0.243 e. The standard InChI is InChI=1S/C25H28N2O4S/c1-18-9-8-10-19(2)25(18)26-24(28)17-23(20-13-15-21(31-4)16-14-20)27(3)32(29,30)22-11-6-5-7-12-22/h5-16,23H,17H2,1-4H3,(H,26,28)/t23-/m0/s1. The zero-order valence-corrected chi connectivity index (χ0v) is 19.5. The van der Waals surface area contributed by atoms with Crippen molar-refractivity contribution in [1.82, 2.24) is 4.31 Å². The van der Waals surface area contributed by atoms with Gasteiger partial charge in [-0.05, 0) is 54.8 Å². The van der Waals surface area contributed by atoms with Gasteiger partial charge in [-0.15, -0.1) is 0 Å². The summed E-state index contributed by atoms with van der Waals surface area (Å²) < 4.78 is 33.1. The molecule has 0 unspecified atom stereocenters. The fourth-order valence-electron chi connectivity index (χ4n) is 3.59. The van der Waals surface area contributed by atoms with Crippen molar-refractivity contribution in [3.8, 4) is 5.75 Å². The summed E-state index contributed by atoms with van der Waals surface area (Å²) in [5.41, 5.74) is 3.35. The van der Waals surface area contributed by atoms with Gasteiger partial charge < -0.3 is 10.1 Å². The number of hydrogen-bond donors (Lipinski definition) is 1. The average Bonchev–Trinajstić information content (AvgIpc) is 2.80. The molecule has 1 N–H and O–H groups in total. The fraction of sp³-hybridized carbons (Fsp3) is 0.240. The van der Waals surface area contributed by atoms with Crippen LogP contribution in [-0.4, -0.2) is 32.8 Å². The molecule has 0 aliphatic rings. The van der Waals surface area contributed by atoms with Gasteiger partial charge in [0.1, 0.15) is 5.75 Å². The number of hydrogen-bond acceptors (Lipinski definition) is 4. The normalized spacial score (nSPS) is 12.4. The Hall–Kier alpha value is -3.16. The molecule has 7 heteroatoms. The SMILES string of the molecule is COc1ccc([C@H](CC(=O)Nc2c(C)cccc2C)N(C)S(=O)(=O)c2ccccc2)cc1. The number of sulfonamides is 1. The van der Waals surface area contributed by atoms with Gasteiger partial charge in [-0.25, -0.2) is 8.42 Å². The van der Waals surface area contributed by atoms with E-state index in [4.69, 9.17) is 4.74 Å². The Balaban J connectivity index is 1.94. The lowest BCUT2D eigenvalue weighted by molar-refractivity contribution is -0.117. The molecule has 1 atom stereocenters. The largest absolute Gasteiger partial charge is 0.497 e. The number of anilines is 1. The molecule has 168 valence electrons. The van der Waals surface area contributed by atoms with Crippen molar-refractivity contribution in [1.29, 1.82) is 0 Å². The lowest BCUT2D eigenvalue weighted by Gasteiger charge is -2.28. The summed E-state index contributed by atoms with van der Waals surface area (Å²) in [6, 6.07) is 20.4. The van der Waals surface area contributed by atoms with Crippen LogP contribution in [0.1, 0.15) is 29.2 Å². The van der Waals surface area contributed by atoms with Gasteiger partial charge in [-0.3, -0.25) is 4.79 Å². The van der Waals surface area contributed by atoms with Crippen molar-refractivity contribution < 1.29 is 17.9 Å². The number of ether oxygens (including phenoxy) is 1. The summed E-state index contributed by atoms with van der Waals surface area (Å²) in [6.07, 6.45) is -0.0390. The van der Waals surface area contributed by atoms with Crippen LogP contribution >= 0.6 is 0 Å². The summed E-state index contributed by atoms with van der Waals surface area (Å²) >= 11 is 0. The van der Waals surface area contributed by atoms with Gasteiger partial charge in [0.2, 0.25) is 15.9 Å². The van der Waals surface area contributed by atoms with E-state index in [1.165, 1.54) is 11.4 Å². The Morgan fingerprint density at radius 3 is 2.09 bits per heavy atom. The first-order valence-corrected chi connectivity index (χ1v) is 11.7. The monoisotopic (exact) mass is 452 g/mol. The van der Waals surface area contributed by atoms with Crippen LogP contribution in [0.4, 0.5) is 5.69 Å². The van der Waals surface area contributed by atoms with Gasteiger partial charge >= 0.3 is 0 Å². The second-order valence-corrected chi connectivity index (χ2v) is 9.64. The molecule has 3 rings (SSSR count). The fourth-order valence-corrected chi connectivity index (χ4v) is 4.95. The van der Waals surface area contributed by atoms with Crippen LogP contribution in [0.2, 0.25) is 0 Å². The number of amides is 1. The minimum absolute atomic E-state index is 0.0390. The molecule has 0 radical (unpaired) electrons. The van der Waals surface area contributed by atoms with E-state index in [-0.39, 0.29) is 17.2 Å². The molecule has 0 aliphatic carbocycles. The van der Waals surface area contributed by atoms with Crippen molar-refractivity contribution in [3.63, 3.8) is 0 Å². The molecule has 0 fully saturated rings. The van der Waals surface area contributed by atoms with E-state index in [0.717, 1.165) is 16.8 Å². The molecule has 0 saturated carbocycles. The van der Waals surface area contributed by atoms with E-state index >= 15 is 0 Å². The predicted octanol–water partition coefficient (Wildman–Crippen LogP) is 4.70. The van der Waals surface area contributed by atoms with Crippen molar-refractivity contribution >= 4 is 21.6 Å². The van der Waals surface area contributed by atoms with Gasteiger partial charge in [0.15, 0.2) is 0 Å². The predicted molar refractivity (Wildman–Crippen MR) is 126 cm³/mol. The molecular formula is C25H28N2O4S. The van der Waals surface area contributed by atoms with Crippen LogP contribution in [0, 0.1) is 13.8 Å². The molecule has 3 aromatic rings. The summed E-state index contributed by atoms with van der Waals surface area (Å²) in [4.78, 5) is 13.2. The number of methoxy groups -OCH3 is 1. The third-order valence-electron chi connectivity index (χ3n) is 5.48. The van der Waals surface area contributed by atoms with Gasteiger partial charge in [0.05, 0.1) is 18.0 Å². The van der Waals surface area contributed by atoms with Crippen LogP contribution < -0.4 is 10.1 Å². The zero-order valence-electron chi connectivity index (χ0n) is 18.7. The first-order chi connectivity index (χ1) is 15.2. The number of benzene rings is 3. The number of rotatable bonds is 8. The first-order valence-electron chi connectivity index (χ1n) is 10.3. The topological polar surface area (TPSA) is 75.7 Å². The Morgan fingerprint density at radius 2 is 1.53 bits per heavy atom. The number of nitrogens with zero attached hydrogens (tertiary/aromatic N) is 1. The first kappa shape index (κ1) is 23.5. The molecule has 6 nitrogen and oxygen atoms in total. The molecule has 0 heterocycles. The average molecular weight is 453 g/mol. The second-order valence-electron chi connectivity index (χ2n) is 7.64. The highest BCUT2D eigenvalue weighted by atomic mass is 32.2. The molecule has 0 spiro atoms. The van der Waals surface area contributed by atoms with Gasteiger partial charge in [0.25, 0.3) is 0 Å². The van der Waals surface area contributed by atoms with E-state index in [2.05, 4.69) is 5.32 Å². The van der Waals surface area contributed by atoms with Gasteiger partial charge in [0, 0.05) is 19.2 Å². The molecule has 0 bridgehead atoms. The number of carbonyl (C=O) groups is 1. The maximum absolute atomic E-state index is 13.3. The van der Waals surface area contributed by atoms with Gasteiger partial charge in [-0.2, -0.15) is 4.31 Å². The summed E-state index contributed by atoms with van der Waals surface area (Å²) in [7, 11) is -0.745. The zero-order chi connectivity index (χ0) is 23.3. The molecule has 1 amide bonds. The molecule has 0 saturated heterocycles. The van der Waals surface area contributed by atoms with E-state index in [0.29, 0.717) is 11.3 Å². The van der Waals surface area contributed by atoms with Crippen molar-refractivity contribution in [3.05, 3.63) is 89.5 Å². The Morgan fingerprint density at radius 1 is 0.938 bits per heavy atom. The second kappa shape index (κ2) is 9.97. The highest BCUT2D eigenvalue weighted by Crippen LogP contribution is 2.31. The van der Waals surface area contributed by atoms with E-state index in [1.807, 2.05) is 32.0 Å².